The van der Waals surface area contributed by atoms with E-state index in [2.05, 4.69) is 5.32 Å². The Morgan fingerprint density at radius 2 is 1.50 bits per heavy atom. The van der Waals surface area contributed by atoms with E-state index >= 15 is 0 Å². The highest BCUT2D eigenvalue weighted by molar-refractivity contribution is 5.98. The molecule has 0 radical (unpaired) electrons. The minimum Gasteiger partial charge on any atom is -0.338 e. The van der Waals surface area contributed by atoms with Gasteiger partial charge in [0.25, 0.3) is 0 Å². The lowest BCUT2D eigenvalue weighted by Crippen LogP contribution is -2.30. The van der Waals surface area contributed by atoms with E-state index in [0.717, 1.165) is 16.8 Å². The fraction of sp³-hybridized carbons (Fsp3) is 0.0833. The van der Waals surface area contributed by atoms with Gasteiger partial charge in [0, 0.05) is 11.6 Å². The number of aryl methyl sites for hydroxylation is 1. The molecule has 162 valence electrons. The average Bonchev–Trinajstić information content (AvgIpc) is 3.19. The fourth-order valence-electron chi connectivity index (χ4n) is 3.14. The number of halogens is 3. The lowest BCUT2D eigenvalue weighted by molar-refractivity contribution is -0.167. The molecule has 5 nitrogen and oxygen atoms in total. The second kappa shape index (κ2) is 8.58. The molecular formula is C24H19F3N4O. The Balaban J connectivity index is 1.75. The minimum atomic E-state index is -4.99. The van der Waals surface area contributed by atoms with Crippen molar-refractivity contribution in [3.05, 3.63) is 90.5 Å². The lowest BCUT2D eigenvalue weighted by atomic mass is 10.1. The molecular weight excluding hydrogens is 417 g/mol. The topological polar surface area (TPSA) is 59.0 Å². The number of rotatable bonds is 5. The number of benzene rings is 3. The van der Waals surface area contributed by atoms with Crippen molar-refractivity contribution in [3.8, 4) is 16.9 Å². The molecule has 0 fully saturated rings. The van der Waals surface area contributed by atoms with Gasteiger partial charge in [0.05, 0.1) is 22.8 Å². The third-order valence-corrected chi connectivity index (χ3v) is 4.75. The quantitative estimate of drug-likeness (QED) is 0.398. The molecule has 1 aromatic heterocycles. The monoisotopic (exact) mass is 436 g/mol. The maximum Gasteiger partial charge on any atom is 0.471 e. The number of aromatic nitrogens is 2. The van der Waals surface area contributed by atoms with Crippen molar-refractivity contribution < 1.29 is 18.0 Å². The van der Waals surface area contributed by atoms with Crippen molar-refractivity contribution in [3.63, 3.8) is 0 Å². The number of para-hydroxylation sites is 2. The molecule has 0 aliphatic carbocycles. The van der Waals surface area contributed by atoms with E-state index in [-0.39, 0.29) is 5.69 Å². The van der Waals surface area contributed by atoms with Crippen LogP contribution in [0.2, 0.25) is 0 Å². The van der Waals surface area contributed by atoms with Crippen LogP contribution in [0.4, 0.5) is 30.4 Å². The maximum atomic E-state index is 12.8. The molecule has 0 aliphatic heterocycles. The first-order valence-electron chi connectivity index (χ1n) is 9.78. The molecule has 0 atom stereocenters. The molecule has 4 rings (SSSR count). The molecule has 0 saturated heterocycles. The van der Waals surface area contributed by atoms with Gasteiger partial charge in [0.2, 0.25) is 0 Å². The van der Waals surface area contributed by atoms with Crippen LogP contribution in [0.1, 0.15) is 5.56 Å². The van der Waals surface area contributed by atoms with Gasteiger partial charge < -0.3 is 10.6 Å². The summed E-state index contributed by atoms with van der Waals surface area (Å²) in [6.45, 7) is 1.97. The Morgan fingerprint density at radius 1 is 0.875 bits per heavy atom. The number of nitrogens with zero attached hydrogens (tertiary/aromatic N) is 2. The van der Waals surface area contributed by atoms with E-state index in [4.69, 9.17) is 5.10 Å². The summed E-state index contributed by atoms with van der Waals surface area (Å²) in [5.74, 6) is -1.51. The Kier molecular flexibility index (Phi) is 5.68. The molecule has 0 unspecified atom stereocenters. The SMILES string of the molecule is Cc1ccc(-n2nc(-c3ccccc3)cc2Nc2ccccc2NC(=O)C(F)(F)F)cc1. The molecule has 32 heavy (non-hydrogen) atoms. The smallest absolute Gasteiger partial charge is 0.338 e. The van der Waals surface area contributed by atoms with Gasteiger partial charge in [-0.1, -0.05) is 60.2 Å². The molecule has 0 bridgehead atoms. The molecule has 0 saturated carbocycles. The van der Waals surface area contributed by atoms with E-state index in [9.17, 15) is 18.0 Å². The Hall–Kier alpha value is -4.07. The van der Waals surface area contributed by atoms with Gasteiger partial charge in [0.15, 0.2) is 0 Å². The van der Waals surface area contributed by atoms with Crippen molar-refractivity contribution in [1.82, 2.24) is 9.78 Å². The molecule has 1 heterocycles. The van der Waals surface area contributed by atoms with Crippen molar-refractivity contribution in [2.45, 2.75) is 13.1 Å². The lowest BCUT2D eigenvalue weighted by Gasteiger charge is -2.15. The Bertz CT molecular complexity index is 1230. The van der Waals surface area contributed by atoms with Gasteiger partial charge in [-0.15, -0.1) is 0 Å². The molecule has 4 aromatic rings. The molecule has 1 amide bonds. The van der Waals surface area contributed by atoms with E-state index < -0.39 is 12.1 Å². The standard InChI is InChI=1S/C24H19F3N4O/c1-16-11-13-18(14-12-16)31-22(15-21(30-31)17-7-3-2-4-8-17)28-19-9-5-6-10-20(19)29-23(32)24(25,26)27/h2-15,28H,1H3,(H,29,32). The molecule has 3 aromatic carbocycles. The van der Waals surface area contributed by atoms with Gasteiger partial charge >= 0.3 is 12.1 Å². The van der Waals surface area contributed by atoms with Crippen LogP contribution in [-0.2, 0) is 4.79 Å². The number of anilines is 3. The van der Waals surface area contributed by atoms with Gasteiger partial charge in [-0.2, -0.15) is 18.3 Å². The summed E-state index contributed by atoms with van der Waals surface area (Å²) < 4.78 is 39.9. The van der Waals surface area contributed by atoms with Crippen LogP contribution >= 0.6 is 0 Å². The number of hydrogen-bond acceptors (Lipinski definition) is 3. The fourth-order valence-corrected chi connectivity index (χ4v) is 3.14. The van der Waals surface area contributed by atoms with Crippen molar-refractivity contribution in [2.24, 2.45) is 0 Å². The average molecular weight is 436 g/mol. The van der Waals surface area contributed by atoms with Gasteiger partial charge in [-0.05, 0) is 31.2 Å². The zero-order valence-corrected chi connectivity index (χ0v) is 17.0. The van der Waals surface area contributed by atoms with Crippen LogP contribution in [0.25, 0.3) is 16.9 Å². The zero-order chi connectivity index (χ0) is 22.7. The van der Waals surface area contributed by atoms with Crippen LogP contribution in [-0.4, -0.2) is 21.9 Å². The first kappa shape index (κ1) is 21.2. The summed E-state index contributed by atoms with van der Waals surface area (Å²) in [7, 11) is 0. The molecule has 0 spiro atoms. The van der Waals surface area contributed by atoms with E-state index in [1.807, 2.05) is 66.8 Å². The first-order chi connectivity index (χ1) is 15.3. The summed E-state index contributed by atoms with van der Waals surface area (Å²) in [5.41, 5.74) is 3.74. The molecule has 8 heteroatoms. The molecule has 2 N–H and O–H groups in total. The third kappa shape index (κ3) is 4.64. The third-order valence-electron chi connectivity index (χ3n) is 4.75. The number of amides is 1. The predicted molar refractivity (Wildman–Crippen MR) is 118 cm³/mol. The predicted octanol–water partition coefficient (Wildman–Crippen LogP) is 6.09. The highest BCUT2D eigenvalue weighted by atomic mass is 19.4. The first-order valence-corrected chi connectivity index (χ1v) is 9.78. The number of nitrogens with one attached hydrogen (secondary N) is 2. The van der Waals surface area contributed by atoms with Gasteiger partial charge in [-0.25, -0.2) is 4.68 Å². The van der Waals surface area contributed by atoms with Gasteiger partial charge in [-0.3, -0.25) is 4.79 Å². The van der Waals surface area contributed by atoms with Crippen LogP contribution in [0.5, 0.6) is 0 Å². The normalized spacial score (nSPS) is 11.2. The number of carbonyl (C=O) groups excluding carboxylic acids is 1. The van der Waals surface area contributed by atoms with Crippen LogP contribution in [0, 0.1) is 6.92 Å². The van der Waals surface area contributed by atoms with Crippen molar-refractivity contribution in [2.75, 3.05) is 10.6 Å². The Morgan fingerprint density at radius 3 is 2.16 bits per heavy atom. The van der Waals surface area contributed by atoms with Crippen LogP contribution < -0.4 is 10.6 Å². The number of alkyl halides is 3. The van der Waals surface area contributed by atoms with Crippen LogP contribution in [0.15, 0.2) is 84.9 Å². The molecule has 0 aliphatic rings. The van der Waals surface area contributed by atoms with E-state index in [0.29, 0.717) is 17.2 Å². The van der Waals surface area contributed by atoms with Crippen molar-refractivity contribution >= 4 is 23.1 Å². The highest BCUT2D eigenvalue weighted by Crippen LogP contribution is 2.31. The van der Waals surface area contributed by atoms with Crippen molar-refractivity contribution in [1.29, 1.82) is 0 Å². The van der Waals surface area contributed by atoms with Gasteiger partial charge in [0.1, 0.15) is 5.82 Å². The summed E-state index contributed by atoms with van der Waals surface area (Å²) >= 11 is 0. The second-order valence-corrected chi connectivity index (χ2v) is 7.15. The summed E-state index contributed by atoms with van der Waals surface area (Å²) in [6.07, 6.45) is -4.99. The second-order valence-electron chi connectivity index (χ2n) is 7.15. The summed E-state index contributed by atoms with van der Waals surface area (Å²) in [6, 6.07) is 25.2. The van der Waals surface area contributed by atoms with Crippen LogP contribution in [0.3, 0.4) is 0 Å². The summed E-state index contributed by atoms with van der Waals surface area (Å²) in [4.78, 5) is 11.5. The van der Waals surface area contributed by atoms with E-state index in [1.54, 1.807) is 28.9 Å². The summed E-state index contributed by atoms with van der Waals surface area (Å²) in [5, 5.41) is 9.73. The number of carbonyl (C=O) groups is 1. The zero-order valence-electron chi connectivity index (χ0n) is 17.0. The largest absolute Gasteiger partial charge is 0.471 e. The number of hydrogen-bond donors (Lipinski definition) is 2. The maximum absolute atomic E-state index is 12.8. The highest BCUT2D eigenvalue weighted by Gasteiger charge is 2.39. The van der Waals surface area contributed by atoms with E-state index in [1.165, 1.54) is 6.07 Å². The Labute approximate surface area is 182 Å². The minimum absolute atomic E-state index is 0.00717.